The summed E-state index contributed by atoms with van der Waals surface area (Å²) in [5.74, 6) is -1.99. The zero-order valence-corrected chi connectivity index (χ0v) is 26.4. The second-order valence-electron chi connectivity index (χ2n) is 12.1. The number of carbonyl (C=O) groups excluding carboxylic acids is 4. The second-order valence-corrected chi connectivity index (χ2v) is 12.1. The van der Waals surface area contributed by atoms with E-state index in [4.69, 9.17) is 4.74 Å². The van der Waals surface area contributed by atoms with E-state index >= 15 is 0 Å². The minimum Gasteiger partial charge on any atom is -0.393 e. The molecule has 0 aliphatic carbocycles. The lowest BCUT2D eigenvalue weighted by atomic mass is 9.92. The van der Waals surface area contributed by atoms with Crippen LogP contribution in [0, 0.1) is 5.92 Å². The Bertz CT molecular complexity index is 1720. The maximum Gasteiger partial charge on any atom is 0.252 e. The van der Waals surface area contributed by atoms with Crippen molar-refractivity contribution in [3.63, 3.8) is 0 Å². The van der Waals surface area contributed by atoms with Gasteiger partial charge in [0.05, 0.1) is 19.3 Å². The fourth-order valence-electron chi connectivity index (χ4n) is 5.38. The van der Waals surface area contributed by atoms with Crippen molar-refractivity contribution in [2.24, 2.45) is 5.92 Å². The number of Topliss-reactive ketones (excluding diaryl/α,β-unsaturated/α-hetero) is 1. The monoisotopic (exact) mass is 633 g/mol. The van der Waals surface area contributed by atoms with Crippen LogP contribution in [0.5, 0.6) is 0 Å². The number of hydrogen-bond donors (Lipinski definition) is 4. The Kier molecular flexibility index (Phi) is 10.6. The molecule has 4 aromatic carbocycles. The summed E-state index contributed by atoms with van der Waals surface area (Å²) in [6, 6.07) is 31.2. The number of aliphatic hydroxyl groups is 1. The van der Waals surface area contributed by atoms with Crippen molar-refractivity contribution in [3.8, 4) is 22.3 Å². The van der Waals surface area contributed by atoms with E-state index in [0.717, 1.165) is 22.3 Å². The topological polar surface area (TPSA) is 137 Å². The lowest BCUT2D eigenvalue weighted by molar-refractivity contribution is -0.132. The van der Waals surface area contributed by atoms with E-state index in [0.29, 0.717) is 17.5 Å². The maximum absolute atomic E-state index is 13.8. The third-order valence-corrected chi connectivity index (χ3v) is 8.09. The van der Waals surface area contributed by atoms with Crippen molar-refractivity contribution < 1.29 is 29.0 Å². The van der Waals surface area contributed by atoms with Crippen LogP contribution in [0.1, 0.15) is 41.0 Å². The fraction of sp³-hybridized carbons (Fsp3) is 0.263. The maximum atomic E-state index is 13.8. The van der Waals surface area contributed by atoms with E-state index in [1.807, 2.05) is 86.6 Å². The van der Waals surface area contributed by atoms with Crippen molar-refractivity contribution in [1.29, 1.82) is 0 Å². The zero-order chi connectivity index (χ0) is 33.4. The van der Waals surface area contributed by atoms with Gasteiger partial charge in [-0.3, -0.25) is 19.2 Å². The molecule has 1 aliphatic rings. The van der Waals surface area contributed by atoms with Crippen molar-refractivity contribution in [3.05, 3.63) is 120 Å². The molecule has 0 bridgehead atoms. The van der Waals surface area contributed by atoms with Crippen molar-refractivity contribution in [2.45, 2.75) is 38.0 Å². The van der Waals surface area contributed by atoms with Crippen LogP contribution in [0.3, 0.4) is 0 Å². The van der Waals surface area contributed by atoms with E-state index < -0.39 is 47.8 Å². The summed E-state index contributed by atoms with van der Waals surface area (Å²) < 4.78 is 5.27. The summed E-state index contributed by atoms with van der Waals surface area (Å²) in [7, 11) is 0. The Morgan fingerprint density at radius 2 is 1.21 bits per heavy atom. The molecule has 3 amide bonds. The molecule has 242 valence electrons. The predicted molar refractivity (Wildman–Crippen MR) is 180 cm³/mol. The van der Waals surface area contributed by atoms with Gasteiger partial charge in [-0.25, -0.2) is 0 Å². The molecule has 0 saturated carbocycles. The van der Waals surface area contributed by atoms with Gasteiger partial charge < -0.3 is 25.8 Å². The molecule has 47 heavy (non-hydrogen) atoms. The van der Waals surface area contributed by atoms with Crippen LogP contribution in [0.4, 0.5) is 0 Å². The summed E-state index contributed by atoms with van der Waals surface area (Å²) in [4.78, 5) is 54.0. The fourth-order valence-corrected chi connectivity index (χ4v) is 5.38. The molecule has 0 spiro atoms. The van der Waals surface area contributed by atoms with Crippen LogP contribution in [-0.4, -0.2) is 66.1 Å². The highest BCUT2D eigenvalue weighted by Crippen LogP contribution is 2.30. The molecule has 3 atom stereocenters. The number of ketones is 1. The zero-order valence-electron chi connectivity index (χ0n) is 26.4. The van der Waals surface area contributed by atoms with Gasteiger partial charge in [0, 0.05) is 17.7 Å². The van der Waals surface area contributed by atoms with Crippen LogP contribution in [-0.2, 0) is 14.3 Å². The molecular weight excluding hydrogens is 594 g/mol. The number of carbonyl (C=O) groups is 4. The van der Waals surface area contributed by atoms with Gasteiger partial charge in [0.15, 0.2) is 11.4 Å². The second kappa shape index (κ2) is 15.0. The lowest BCUT2D eigenvalue weighted by Crippen LogP contribution is -2.57. The molecule has 0 radical (unpaired) electrons. The number of hydrogen-bond acceptors (Lipinski definition) is 6. The Hall–Kier alpha value is -5.12. The number of epoxide rings is 1. The van der Waals surface area contributed by atoms with Gasteiger partial charge in [-0.15, -0.1) is 0 Å². The van der Waals surface area contributed by atoms with Crippen molar-refractivity contribution in [1.82, 2.24) is 16.0 Å². The first-order valence-electron chi connectivity index (χ1n) is 15.7. The average molecular weight is 634 g/mol. The SMILES string of the molecule is CC(C)CC(NC(=O)[C@H](CNC(=O)c1cccc(-c2ccccc2)c1)NC(=O)c1cccc(-c2ccccc2)c1)C(=O)C1(CO)CO1. The van der Waals surface area contributed by atoms with Crippen LogP contribution >= 0.6 is 0 Å². The van der Waals surface area contributed by atoms with Gasteiger partial charge in [0.1, 0.15) is 6.04 Å². The van der Waals surface area contributed by atoms with E-state index in [1.165, 1.54) is 0 Å². The highest BCUT2D eigenvalue weighted by atomic mass is 16.6. The Balaban J connectivity index is 1.36. The minimum atomic E-state index is -1.33. The molecule has 1 aliphatic heterocycles. The average Bonchev–Trinajstić information content (AvgIpc) is 3.91. The Morgan fingerprint density at radius 1 is 0.702 bits per heavy atom. The Labute approximate surface area is 274 Å². The molecule has 1 saturated heterocycles. The lowest BCUT2D eigenvalue weighted by Gasteiger charge is -2.25. The summed E-state index contributed by atoms with van der Waals surface area (Å²) in [6.07, 6.45) is 0.300. The number of amides is 3. The summed E-state index contributed by atoms with van der Waals surface area (Å²) in [5.41, 5.74) is 2.94. The highest BCUT2D eigenvalue weighted by Gasteiger charge is 2.54. The van der Waals surface area contributed by atoms with Gasteiger partial charge in [0.2, 0.25) is 5.91 Å². The van der Waals surface area contributed by atoms with Crippen LogP contribution < -0.4 is 16.0 Å². The smallest absolute Gasteiger partial charge is 0.252 e. The van der Waals surface area contributed by atoms with Crippen LogP contribution in [0.2, 0.25) is 0 Å². The number of ether oxygens (including phenoxy) is 1. The van der Waals surface area contributed by atoms with E-state index in [-0.39, 0.29) is 19.1 Å². The molecule has 0 aromatic heterocycles. The molecule has 1 heterocycles. The van der Waals surface area contributed by atoms with Gasteiger partial charge in [-0.05, 0) is 58.9 Å². The first-order valence-corrected chi connectivity index (χ1v) is 15.7. The summed E-state index contributed by atoms with van der Waals surface area (Å²) in [6.45, 7) is 3.16. The van der Waals surface area contributed by atoms with Gasteiger partial charge in [-0.2, -0.15) is 0 Å². The third-order valence-electron chi connectivity index (χ3n) is 8.09. The Morgan fingerprint density at radius 3 is 1.70 bits per heavy atom. The highest BCUT2D eigenvalue weighted by molar-refractivity contribution is 6.01. The number of aliphatic hydroxyl groups excluding tert-OH is 1. The van der Waals surface area contributed by atoms with E-state index in [9.17, 15) is 24.3 Å². The molecular formula is C38H39N3O6. The first-order chi connectivity index (χ1) is 22.7. The largest absolute Gasteiger partial charge is 0.393 e. The number of nitrogens with one attached hydrogen (secondary N) is 3. The van der Waals surface area contributed by atoms with Crippen LogP contribution in [0.25, 0.3) is 22.3 Å². The first kappa shape index (κ1) is 33.2. The summed E-state index contributed by atoms with van der Waals surface area (Å²) >= 11 is 0. The quantitative estimate of drug-likeness (QED) is 0.152. The van der Waals surface area contributed by atoms with Gasteiger partial charge in [-0.1, -0.05) is 98.8 Å². The minimum absolute atomic E-state index is 0.0316. The van der Waals surface area contributed by atoms with Crippen molar-refractivity contribution >= 4 is 23.5 Å². The van der Waals surface area contributed by atoms with Gasteiger partial charge in [0.25, 0.3) is 11.8 Å². The molecule has 4 aromatic rings. The molecule has 1 fully saturated rings. The molecule has 4 N–H and O–H groups in total. The normalized spacial score (nSPS) is 16.5. The number of benzene rings is 4. The van der Waals surface area contributed by atoms with E-state index in [2.05, 4.69) is 16.0 Å². The third kappa shape index (κ3) is 8.38. The number of rotatable bonds is 14. The molecule has 9 heteroatoms. The molecule has 2 unspecified atom stereocenters. The van der Waals surface area contributed by atoms with Crippen LogP contribution in [0.15, 0.2) is 109 Å². The molecule has 9 nitrogen and oxygen atoms in total. The van der Waals surface area contributed by atoms with Crippen molar-refractivity contribution in [2.75, 3.05) is 19.8 Å². The standard InChI is InChI=1S/C38H39N3O6/c1-25(2)19-32(34(43)38(23-42)24-47-38)40-37(46)33(41-36(45)31-18-10-16-29(21-31)27-13-7-4-8-14-27)22-39-35(44)30-17-9-15-28(20-30)26-11-5-3-6-12-26/h3-18,20-21,25,32-33,42H,19,22-24H2,1-2H3,(H,39,44)(H,40,46)(H,41,45)/t32?,33-,38?/m0/s1. The summed E-state index contributed by atoms with van der Waals surface area (Å²) in [5, 5.41) is 18.1. The van der Waals surface area contributed by atoms with E-state index in [1.54, 1.807) is 36.4 Å². The predicted octanol–water partition coefficient (Wildman–Crippen LogP) is 4.41. The molecule has 5 rings (SSSR count). The van der Waals surface area contributed by atoms with Gasteiger partial charge >= 0.3 is 0 Å².